The summed E-state index contributed by atoms with van der Waals surface area (Å²) in [5, 5.41) is 5.49. The lowest BCUT2D eigenvalue weighted by atomic mass is 10.1. The van der Waals surface area contributed by atoms with Gasteiger partial charge >= 0.3 is 12.0 Å². The SMILES string of the molecule is CCOC(=O)c1ccccc1NC(=O)Nc1cccc(C)c1C. The Morgan fingerprint density at radius 3 is 2.35 bits per heavy atom. The molecule has 0 atom stereocenters. The second-order valence-corrected chi connectivity index (χ2v) is 5.09. The summed E-state index contributed by atoms with van der Waals surface area (Å²) in [5.41, 5.74) is 3.56. The molecular weight excluding hydrogens is 292 g/mol. The summed E-state index contributed by atoms with van der Waals surface area (Å²) >= 11 is 0. The largest absolute Gasteiger partial charge is 0.462 e. The van der Waals surface area contributed by atoms with Crippen LogP contribution in [0.15, 0.2) is 42.5 Å². The highest BCUT2D eigenvalue weighted by atomic mass is 16.5. The third-order valence-electron chi connectivity index (χ3n) is 3.52. The van der Waals surface area contributed by atoms with Gasteiger partial charge in [-0.2, -0.15) is 0 Å². The second kappa shape index (κ2) is 7.45. The molecule has 120 valence electrons. The summed E-state index contributed by atoms with van der Waals surface area (Å²) in [6.45, 7) is 5.94. The second-order valence-electron chi connectivity index (χ2n) is 5.09. The molecule has 2 N–H and O–H groups in total. The van der Waals surface area contributed by atoms with Crippen molar-refractivity contribution in [3.8, 4) is 0 Å². The normalized spacial score (nSPS) is 10.0. The van der Waals surface area contributed by atoms with Crippen molar-refractivity contribution in [1.29, 1.82) is 0 Å². The predicted molar refractivity (Wildman–Crippen MR) is 91.0 cm³/mol. The molecule has 2 aromatic carbocycles. The van der Waals surface area contributed by atoms with Crippen LogP contribution in [0.3, 0.4) is 0 Å². The van der Waals surface area contributed by atoms with Crippen molar-refractivity contribution >= 4 is 23.4 Å². The molecule has 23 heavy (non-hydrogen) atoms. The Morgan fingerprint density at radius 2 is 1.61 bits per heavy atom. The zero-order valence-electron chi connectivity index (χ0n) is 13.5. The van der Waals surface area contributed by atoms with Gasteiger partial charge in [-0.1, -0.05) is 24.3 Å². The topological polar surface area (TPSA) is 67.4 Å². The van der Waals surface area contributed by atoms with Crippen molar-refractivity contribution in [2.75, 3.05) is 17.2 Å². The summed E-state index contributed by atoms with van der Waals surface area (Å²) in [6, 6.07) is 12.0. The van der Waals surface area contributed by atoms with Crippen molar-refractivity contribution < 1.29 is 14.3 Å². The van der Waals surface area contributed by atoms with Crippen LogP contribution in [0.25, 0.3) is 0 Å². The molecular formula is C18H20N2O3. The van der Waals surface area contributed by atoms with Crippen molar-refractivity contribution in [2.24, 2.45) is 0 Å². The van der Waals surface area contributed by atoms with E-state index in [4.69, 9.17) is 4.74 Å². The summed E-state index contributed by atoms with van der Waals surface area (Å²) in [6.07, 6.45) is 0. The van der Waals surface area contributed by atoms with E-state index in [0.29, 0.717) is 11.3 Å². The number of aryl methyl sites for hydroxylation is 1. The lowest BCUT2D eigenvalue weighted by Gasteiger charge is -2.13. The van der Waals surface area contributed by atoms with Crippen molar-refractivity contribution in [3.05, 3.63) is 59.2 Å². The maximum atomic E-state index is 12.2. The summed E-state index contributed by atoms with van der Waals surface area (Å²) < 4.78 is 4.99. The van der Waals surface area contributed by atoms with Gasteiger partial charge in [-0.25, -0.2) is 9.59 Å². The quantitative estimate of drug-likeness (QED) is 0.834. The fraction of sp³-hybridized carbons (Fsp3) is 0.222. The summed E-state index contributed by atoms with van der Waals surface area (Å²) in [7, 11) is 0. The molecule has 0 bridgehead atoms. The molecule has 0 aliphatic carbocycles. The number of amides is 2. The fourth-order valence-corrected chi connectivity index (χ4v) is 2.14. The molecule has 2 rings (SSSR count). The van der Waals surface area contributed by atoms with Crippen LogP contribution in [-0.4, -0.2) is 18.6 Å². The van der Waals surface area contributed by atoms with Gasteiger partial charge in [0.05, 0.1) is 17.9 Å². The van der Waals surface area contributed by atoms with E-state index in [1.165, 1.54) is 0 Å². The van der Waals surface area contributed by atoms with E-state index in [2.05, 4.69) is 10.6 Å². The first kappa shape index (κ1) is 16.5. The monoisotopic (exact) mass is 312 g/mol. The molecule has 0 aliphatic rings. The number of urea groups is 1. The Labute approximate surface area is 135 Å². The molecule has 0 fully saturated rings. The van der Waals surface area contributed by atoms with Crippen LogP contribution in [0.4, 0.5) is 16.2 Å². The van der Waals surface area contributed by atoms with Crippen LogP contribution in [0, 0.1) is 13.8 Å². The standard InChI is InChI=1S/C18H20N2O3/c1-4-23-17(21)14-9-5-6-10-16(14)20-18(22)19-15-11-7-8-12(2)13(15)3/h5-11H,4H2,1-3H3,(H2,19,20,22). The Morgan fingerprint density at radius 1 is 0.957 bits per heavy atom. The average Bonchev–Trinajstić information content (AvgIpc) is 2.52. The van der Waals surface area contributed by atoms with Gasteiger partial charge in [0, 0.05) is 5.69 Å². The molecule has 0 aliphatic heterocycles. The van der Waals surface area contributed by atoms with E-state index in [0.717, 1.165) is 16.8 Å². The van der Waals surface area contributed by atoms with Gasteiger partial charge in [-0.05, 0) is 50.1 Å². The van der Waals surface area contributed by atoms with Gasteiger partial charge in [0.2, 0.25) is 0 Å². The van der Waals surface area contributed by atoms with Crippen LogP contribution in [0.2, 0.25) is 0 Å². The minimum atomic E-state index is -0.463. The smallest absolute Gasteiger partial charge is 0.340 e. The Kier molecular flexibility index (Phi) is 5.36. The van der Waals surface area contributed by atoms with Crippen LogP contribution < -0.4 is 10.6 Å². The average molecular weight is 312 g/mol. The van der Waals surface area contributed by atoms with E-state index in [-0.39, 0.29) is 6.61 Å². The zero-order valence-corrected chi connectivity index (χ0v) is 13.5. The Balaban J connectivity index is 2.15. The highest BCUT2D eigenvalue weighted by molar-refractivity contribution is 6.05. The molecule has 0 unspecified atom stereocenters. The Hall–Kier alpha value is -2.82. The molecule has 0 heterocycles. The van der Waals surface area contributed by atoms with E-state index >= 15 is 0 Å². The number of nitrogens with one attached hydrogen (secondary N) is 2. The fourth-order valence-electron chi connectivity index (χ4n) is 2.14. The van der Waals surface area contributed by atoms with Gasteiger partial charge < -0.3 is 15.4 Å². The minimum absolute atomic E-state index is 0.280. The van der Waals surface area contributed by atoms with Gasteiger partial charge in [0.15, 0.2) is 0 Å². The van der Waals surface area contributed by atoms with E-state index in [9.17, 15) is 9.59 Å². The number of hydrogen-bond donors (Lipinski definition) is 2. The molecule has 2 amide bonds. The first-order valence-electron chi connectivity index (χ1n) is 7.43. The molecule has 5 heteroatoms. The first-order chi connectivity index (χ1) is 11.0. The van der Waals surface area contributed by atoms with Crippen LogP contribution in [0.5, 0.6) is 0 Å². The van der Waals surface area contributed by atoms with Crippen LogP contribution in [0.1, 0.15) is 28.4 Å². The van der Waals surface area contributed by atoms with Gasteiger partial charge in [-0.3, -0.25) is 0 Å². The van der Waals surface area contributed by atoms with E-state index in [1.807, 2.05) is 32.0 Å². The lowest BCUT2D eigenvalue weighted by molar-refractivity contribution is 0.0527. The molecule has 0 spiro atoms. The molecule has 0 saturated carbocycles. The zero-order chi connectivity index (χ0) is 16.8. The van der Waals surface area contributed by atoms with Crippen LogP contribution in [-0.2, 0) is 4.74 Å². The third-order valence-corrected chi connectivity index (χ3v) is 3.52. The molecule has 0 aromatic heterocycles. The summed E-state index contributed by atoms with van der Waals surface area (Å²) in [4.78, 5) is 24.1. The number of hydrogen-bond acceptors (Lipinski definition) is 3. The van der Waals surface area contributed by atoms with Gasteiger partial charge in [0.25, 0.3) is 0 Å². The Bertz CT molecular complexity index is 726. The van der Waals surface area contributed by atoms with Gasteiger partial charge in [0.1, 0.15) is 0 Å². The number of para-hydroxylation sites is 1. The van der Waals surface area contributed by atoms with Crippen molar-refractivity contribution in [3.63, 3.8) is 0 Å². The number of ether oxygens (including phenoxy) is 1. The maximum absolute atomic E-state index is 12.2. The van der Waals surface area contributed by atoms with E-state index in [1.54, 1.807) is 31.2 Å². The molecule has 2 aromatic rings. The number of carbonyl (C=O) groups excluding carboxylic acids is 2. The van der Waals surface area contributed by atoms with Crippen LogP contribution >= 0.6 is 0 Å². The summed E-state index contributed by atoms with van der Waals surface area (Å²) in [5.74, 6) is -0.463. The number of anilines is 2. The van der Waals surface area contributed by atoms with Gasteiger partial charge in [-0.15, -0.1) is 0 Å². The predicted octanol–water partition coefficient (Wildman–Crippen LogP) is 4.12. The first-order valence-corrected chi connectivity index (χ1v) is 7.43. The number of esters is 1. The molecule has 5 nitrogen and oxygen atoms in total. The maximum Gasteiger partial charge on any atom is 0.340 e. The number of benzene rings is 2. The highest BCUT2D eigenvalue weighted by Gasteiger charge is 2.14. The molecule has 0 saturated heterocycles. The lowest BCUT2D eigenvalue weighted by Crippen LogP contribution is -2.22. The van der Waals surface area contributed by atoms with Crippen molar-refractivity contribution in [2.45, 2.75) is 20.8 Å². The number of rotatable bonds is 4. The van der Waals surface area contributed by atoms with Crippen molar-refractivity contribution in [1.82, 2.24) is 0 Å². The third kappa shape index (κ3) is 4.10. The minimum Gasteiger partial charge on any atom is -0.462 e. The highest BCUT2D eigenvalue weighted by Crippen LogP contribution is 2.20. The molecule has 0 radical (unpaired) electrons. The van der Waals surface area contributed by atoms with E-state index < -0.39 is 12.0 Å². The number of carbonyl (C=O) groups is 2.